The lowest BCUT2D eigenvalue weighted by molar-refractivity contribution is -0.119. The zero-order valence-electron chi connectivity index (χ0n) is 21.2. The van der Waals surface area contributed by atoms with E-state index in [1.165, 1.54) is 24.3 Å². The van der Waals surface area contributed by atoms with Crippen LogP contribution in [0.5, 0.6) is 0 Å². The Hall–Kier alpha value is -4.18. The van der Waals surface area contributed by atoms with Crippen LogP contribution in [0.1, 0.15) is 22.8 Å². The number of sulfonamides is 1. The molecule has 2 N–H and O–H groups in total. The van der Waals surface area contributed by atoms with Gasteiger partial charge in [-0.15, -0.1) is 0 Å². The van der Waals surface area contributed by atoms with Crippen LogP contribution in [0.25, 0.3) is 0 Å². The Morgan fingerprint density at radius 2 is 1.48 bits per heavy atom. The number of carbonyl (C=O) groups excluding carboxylic acids is 2. The lowest BCUT2D eigenvalue weighted by Gasteiger charge is -2.23. The second kappa shape index (κ2) is 12.8. The van der Waals surface area contributed by atoms with Gasteiger partial charge in [0.2, 0.25) is 0 Å². The Kier molecular flexibility index (Phi) is 9.21. The Labute approximate surface area is 242 Å². The van der Waals surface area contributed by atoms with E-state index < -0.39 is 22.5 Å². The molecule has 11 heteroatoms. The van der Waals surface area contributed by atoms with Crippen molar-refractivity contribution in [3.63, 3.8) is 0 Å². The van der Waals surface area contributed by atoms with E-state index in [1.807, 2.05) is 0 Å². The van der Waals surface area contributed by atoms with Crippen LogP contribution in [-0.2, 0) is 14.8 Å². The molecule has 204 valence electrons. The van der Waals surface area contributed by atoms with E-state index in [1.54, 1.807) is 85.8 Å². The van der Waals surface area contributed by atoms with Crippen molar-refractivity contribution in [1.82, 2.24) is 5.43 Å². The minimum Gasteiger partial charge on any atom is -0.322 e. The van der Waals surface area contributed by atoms with E-state index in [0.29, 0.717) is 32.6 Å². The van der Waals surface area contributed by atoms with Crippen molar-refractivity contribution in [2.45, 2.75) is 11.8 Å². The molecule has 0 saturated carbocycles. The highest BCUT2D eigenvalue weighted by atomic mass is 35.5. The molecule has 0 aliphatic heterocycles. The number of amides is 2. The van der Waals surface area contributed by atoms with Gasteiger partial charge in [-0.3, -0.25) is 13.9 Å². The summed E-state index contributed by atoms with van der Waals surface area (Å²) in [5, 5.41) is 7.83. The Balaban J connectivity index is 1.49. The highest BCUT2D eigenvalue weighted by Crippen LogP contribution is 2.25. The van der Waals surface area contributed by atoms with E-state index in [0.717, 1.165) is 4.31 Å². The Morgan fingerprint density at radius 3 is 2.17 bits per heavy atom. The SMILES string of the molecule is CC(=NNC(=O)CN(c1ccc(Cl)cc1)S(=O)(=O)c1ccccc1)c1cccc(NC(=O)c2cccc(Cl)c2)c1. The van der Waals surface area contributed by atoms with Crippen molar-refractivity contribution < 1.29 is 18.0 Å². The van der Waals surface area contributed by atoms with Crippen LogP contribution in [0.15, 0.2) is 113 Å². The summed E-state index contributed by atoms with van der Waals surface area (Å²) < 4.78 is 27.8. The van der Waals surface area contributed by atoms with Crippen molar-refractivity contribution in [2.24, 2.45) is 5.10 Å². The molecule has 0 bridgehead atoms. The normalized spacial score (nSPS) is 11.5. The smallest absolute Gasteiger partial charge is 0.264 e. The van der Waals surface area contributed by atoms with Crippen LogP contribution in [0.4, 0.5) is 11.4 Å². The van der Waals surface area contributed by atoms with Gasteiger partial charge in [0.1, 0.15) is 6.54 Å². The zero-order chi connectivity index (χ0) is 28.7. The van der Waals surface area contributed by atoms with Gasteiger partial charge >= 0.3 is 0 Å². The third-order valence-corrected chi connectivity index (χ3v) is 7.98. The maximum Gasteiger partial charge on any atom is 0.264 e. The molecule has 0 unspecified atom stereocenters. The molecule has 40 heavy (non-hydrogen) atoms. The van der Waals surface area contributed by atoms with Gasteiger partial charge in [0.25, 0.3) is 21.8 Å². The molecule has 4 rings (SSSR count). The lowest BCUT2D eigenvalue weighted by Crippen LogP contribution is -2.39. The van der Waals surface area contributed by atoms with Crippen LogP contribution >= 0.6 is 23.2 Å². The zero-order valence-corrected chi connectivity index (χ0v) is 23.5. The number of hydrogen-bond donors (Lipinski definition) is 2. The molecule has 0 spiro atoms. The molecule has 0 atom stereocenters. The second-order valence-electron chi connectivity index (χ2n) is 8.58. The first kappa shape index (κ1) is 28.8. The molecule has 0 aliphatic carbocycles. The van der Waals surface area contributed by atoms with E-state index in [4.69, 9.17) is 23.2 Å². The first-order chi connectivity index (χ1) is 19.1. The fraction of sp³-hybridized carbons (Fsp3) is 0.0690. The Morgan fingerprint density at radius 1 is 0.800 bits per heavy atom. The van der Waals surface area contributed by atoms with E-state index in [9.17, 15) is 18.0 Å². The van der Waals surface area contributed by atoms with Gasteiger partial charge < -0.3 is 5.32 Å². The minimum atomic E-state index is -4.06. The monoisotopic (exact) mass is 594 g/mol. The molecule has 4 aromatic rings. The van der Waals surface area contributed by atoms with Crippen molar-refractivity contribution >= 4 is 62.1 Å². The van der Waals surface area contributed by atoms with Gasteiger partial charge in [-0.1, -0.05) is 59.6 Å². The fourth-order valence-corrected chi connectivity index (χ4v) is 5.43. The number of anilines is 2. The summed E-state index contributed by atoms with van der Waals surface area (Å²) in [6.45, 7) is 1.15. The molecule has 0 radical (unpaired) electrons. The van der Waals surface area contributed by atoms with Crippen LogP contribution in [-0.4, -0.2) is 32.5 Å². The predicted molar refractivity (Wildman–Crippen MR) is 159 cm³/mol. The molecule has 2 amide bonds. The van der Waals surface area contributed by atoms with Gasteiger partial charge in [-0.05, 0) is 79.2 Å². The van der Waals surface area contributed by atoms with Crippen molar-refractivity contribution in [2.75, 3.05) is 16.2 Å². The number of hydrazone groups is 1. The van der Waals surface area contributed by atoms with E-state index >= 15 is 0 Å². The third kappa shape index (κ3) is 7.26. The highest BCUT2D eigenvalue weighted by molar-refractivity contribution is 7.92. The quantitative estimate of drug-likeness (QED) is 0.183. The number of benzene rings is 4. The molecule has 0 aliphatic rings. The second-order valence-corrected chi connectivity index (χ2v) is 11.3. The van der Waals surface area contributed by atoms with Crippen LogP contribution in [0.2, 0.25) is 10.0 Å². The summed E-state index contributed by atoms with van der Waals surface area (Å²) in [7, 11) is -4.06. The summed E-state index contributed by atoms with van der Waals surface area (Å²) in [5.41, 5.74) is 4.70. The average molecular weight is 596 g/mol. The van der Waals surface area contributed by atoms with Crippen LogP contribution in [0.3, 0.4) is 0 Å². The summed E-state index contributed by atoms with van der Waals surface area (Å²) in [5.74, 6) is -0.983. The third-order valence-electron chi connectivity index (χ3n) is 5.71. The standard InChI is InChI=1S/C29H24Cl2N4O4S/c1-20(21-7-6-10-25(18-21)32-29(37)22-8-5-9-24(31)17-22)33-34-28(36)19-35(26-15-13-23(30)14-16-26)40(38,39)27-11-3-2-4-12-27/h2-18H,19H2,1H3,(H,32,37)(H,34,36). The molecule has 8 nitrogen and oxygen atoms in total. The maximum absolute atomic E-state index is 13.4. The van der Waals surface area contributed by atoms with Gasteiger partial charge in [0.15, 0.2) is 0 Å². The number of rotatable bonds is 9. The highest BCUT2D eigenvalue weighted by Gasteiger charge is 2.27. The largest absolute Gasteiger partial charge is 0.322 e. The number of nitrogens with zero attached hydrogens (tertiary/aromatic N) is 2. The molecule has 0 heterocycles. The van der Waals surface area contributed by atoms with Gasteiger partial charge in [0.05, 0.1) is 16.3 Å². The first-order valence-corrected chi connectivity index (χ1v) is 14.2. The predicted octanol–water partition coefficient (Wildman–Crippen LogP) is 5.98. The maximum atomic E-state index is 13.4. The van der Waals surface area contributed by atoms with E-state index in [2.05, 4.69) is 15.8 Å². The number of halogens is 2. The molecule has 4 aromatic carbocycles. The van der Waals surface area contributed by atoms with Crippen molar-refractivity contribution in [3.8, 4) is 0 Å². The molecular weight excluding hydrogens is 571 g/mol. The summed E-state index contributed by atoms with van der Waals surface area (Å²) >= 11 is 12.0. The summed E-state index contributed by atoms with van der Waals surface area (Å²) in [6, 6.07) is 27.5. The van der Waals surface area contributed by atoms with Crippen LogP contribution < -0.4 is 15.0 Å². The molecule has 0 aromatic heterocycles. The number of carbonyl (C=O) groups is 2. The molecule has 0 saturated heterocycles. The molecule has 0 fully saturated rings. The van der Waals surface area contributed by atoms with Crippen LogP contribution in [0, 0.1) is 0 Å². The van der Waals surface area contributed by atoms with Gasteiger partial charge in [0, 0.05) is 21.3 Å². The first-order valence-electron chi connectivity index (χ1n) is 12.0. The molecular formula is C29H24Cl2N4O4S. The van der Waals surface area contributed by atoms with Crippen molar-refractivity contribution in [1.29, 1.82) is 0 Å². The minimum absolute atomic E-state index is 0.0362. The van der Waals surface area contributed by atoms with Gasteiger partial charge in [-0.2, -0.15) is 5.10 Å². The average Bonchev–Trinajstić information content (AvgIpc) is 2.95. The van der Waals surface area contributed by atoms with Crippen molar-refractivity contribution in [3.05, 3.63) is 124 Å². The summed E-state index contributed by atoms with van der Waals surface area (Å²) in [6.07, 6.45) is 0. The topological polar surface area (TPSA) is 108 Å². The fourth-order valence-electron chi connectivity index (χ4n) is 3.67. The van der Waals surface area contributed by atoms with Gasteiger partial charge in [-0.25, -0.2) is 13.8 Å². The lowest BCUT2D eigenvalue weighted by atomic mass is 10.1. The van der Waals surface area contributed by atoms with E-state index in [-0.39, 0.29) is 16.5 Å². The number of hydrogen-bond acceptors (Lipinski definition) is 5. The summed E-state index contributed by atoms with van der Waals surface area (Å²) in [4.78, 5) is 25.5. The number of nitrogens with one attached hydrogen (secondary N) is 2. The Bertz CT molecular complexity index is 1660.